The van der Waals surface area contributed by atoms with Gasteiger partial charge in [-0.2, -0.15) is 0 Å². The van der Waals surface area contributed by atoms with Gasteiger partial charge in [-0.1, -0.05) is 26.0 Å². The van der Waals surface area contributed by atoms with Gasteiger partial charge in [0.15, 0.2) is 0 Å². The van der Waals surface area contributed by atoms with E-state index in [0.717, 1.165) is 12.1 Å². The van der Waals surface area contributed by atoms with E-state index in [4.69, 9.17) is 4.74 Å². The van der Waals surface area contributed by atoms with Crippen LogP contribution in [0.4, 0.5) is 0 Å². The first-order valence-electron chi connectivity index (χ1n) is 11.1. The Morgan fingerprint density at radius 3 is 2.48 bits per heavy atom. The van der Waals surface area contributed by atoms with Gasteiger partial charge in [0, 0.05) is 12.1 Å². The molecule has 1 atom stereocenters. The molecule has 0 aliphatic carbocycles. The van der Waals surface area contributed by atoms with Crippen molar-refractivity contribution in [2.45, 2.75) is 32.2 Å². The van der Waals surface area contributed by atoms with Crippen molar-refractivity contribution in [1.82, 2.24) is 9.80 Å². The molecule has 0 bridgehead atoms. The van der Waals surface area contributed by atoms with Gasteiger partial charge in [0.1, 0.15) is 17.3 Å². The van der Waals surface area contributed by atoms with Gasteiger partial charge < -0.3 is 24.7 Å². The van der Waals surface area contributed by atoms with Crippen molar-refractivity contribution in [3.8, 4) is 11.5 Å². The number of amides is 1. The lowest BCUT2D eigenvalue weighted by Gasteiger charge is -2.26. The first kappa shape index (κ1) is 24.3. The number of nitrogens with zero attached hydrogens (tertiary/aromatic N) is 2. The molecule has 1 aliphatic heterocycles. The molecule has 1 unspecified atom stereocenters. The minimum Gasteiger partial charge on any atom is -0.508 e. The molecule has 0 saturated carbocycles. The number of carbonyl (C=O) groups is 2. The van der Waals surface area contributed by atoms with Gasteiger partial charge in [0.25, 0.3) is 11.7 Å². The van der Waals surface area contributed by atoms with E-state index in [1.807, 2.05) is 32.8 Å². The number of benzene rings is 2. The van der Waals surface area contributed by atoms with Crippen molar-refractivity contribution in [2.75, 3.05) is 34.3 Å². The number of aliphatic hydroxyl groups is 1. The van der Waals surface area contributed by atoms with Gasteiger partial charge in [-0.15, -0.1) is 0 Å². The summed E-state index contributed by atoms with van der Waals surface area (Å²) in [5, 5.41) is 21.3. The highest BCUT2D eigenvalue weighted by atomic mass is 16.5. The Balaban J connectivity index is 2.14. The van der Waals surface area contributed by atoms with Crippen LogP contribution in [0.2, 0.25) is 0 Å². The van der Waals surface area contributed by atoms with E-state index in [1.165, 1.54) is 17.0 Å². The largest absolute Gasteiger partial charge is 0.508 e. The molecule has 0 spiro atoms. The normalized spacial score (nSPS) is 17.9. The smallest absolute Gasteiger partial charge is 0.295 e. The van der Waals surface area contributed by atoms with Gasteiger partial charge >= 0.3 is 0 Å². The van der Waals surface area contributed by atoms with Gasteiger partial charge in [0.05, 0.1) is 18.7 Å². The number of methoxy groups -OCH3 is 1. The van der Waals surface area contributed by atoms with Crippen molar-refractivity contribution in [3.05, 3.63) is 64.7 Å². The molecule has 1 amide bonds. The molecule has 1 saturated heterocycles. The third kappa shape index (κ3) is 5.03. The monoisotopic (exact) mass is 452 g/mol. The van der Waals surface area contributed by atoms with Crippen molar-refractivity contribution in [3.63, 3.8) is 0 Å². The Bertz CT molecular complexity index is 1070. The number of Topliss-reactive ketones (excluding diaryl/α,β-unsaturated/α-hetero) is 1. The zero-order chi connectivity index (χ0) is 24.3. The summed E-state index contributed by atoms with van der Waals surface area (Å²) in [7, 11) is 5.47. The maximum atomic E-state index is 13.1. The van der Waals surface area contributed by atoms with E-state index in [-0.39, 0.29) is 23.0 Å². The number of aromatic hydroxyl groups is 1. The molecule has 1 heterocycles. The lowest BCUT2D eigenvalue weighted by molar-refractivity contribution is -0.139. The summed E-state index contributed by atoms with van der Waals surface area (Å²) in [5.74, 6) is -0.772. The predicted octanol–water partition coefficient (Wildman–Crippen LogP) is 3.90. The second-order valence-corrected chi connectivity index (χ2v) is 8.86. The van der Waals surface area contributed by atoms with Crippen LogP contribution in [-0.4, -0.2) is 66.0 Å². The van der Waals surface area contributed by atoms with E-state index < -0.39 is 17.7 Å². The average molecular weight is 453 g/mol. The van der Waals surface area contributed by atoms with Gasteiger partial charge in [0.2, 0.25) is 0 Å². The Hall–Kier alpha value is -3.32. The summed E-state index contributed by atoms with van der Waals surface area (Å²) in [6.45, 7) is 5.11. The minimum absolute atomic E-state index is 0.0235. The summed E-state index contributed by atoms with van der Waals surface area (Å²) in [6, 6.07) is 10.9. The van der Waals surface area contributed by atoms with E-state index in [1.54, 1.807) is 37.4 Å². The number of hydrogen-bond donors (Lipinski definition) is 2. The number of hydrogen-bond acceptors (Lipinski definition) is 6. The lowest BCUT2D eigenvalue weighted by atomic mass is 9.93. The van der Waals surface area contributed by atoms with Crippen molar-refractivity contribution in [1.29, 1.82) is 0 Å². The quantitative estimate of drug-likeness (QED) is 0.359. The highest BCUT2D eigenvalue weighted by Gasteiger charge is 2.45. The van der Waals surface area contributed by atoms with Crippen LogP contribution in [0.5, 0.6) is 11.5 Å². The number of likely N-dealkylation sites (tertiary alicyclic amines) is 1. The third-order valence-electron chi connectivity index (χ3n) is 5.86. The summed E-state index contributed by atoms with van der Waals surface area (Å²) < 4.78 is 5.43. The zero-order valence-electron chi connectivity index (χ0n) is 19.8. The topological polar surface area (TPSA) is 90.3 Å². The molecule has 2 N–H and O–H groups in total. The van der Waals surface area contributed by atoms with Gasteiger partial charge in [-0.05, 0) is 74.4 Å². The highest BCUT2D eigenvalue weighted by molar-refractivity contribution is 6.46. The van der Waals surface area contributed by atoms with Crippen LogP contribution >= 0.6 is 0 Å². The predicted molar refractivity (Wildman–Crippen MR) is 127 cm³/mol. The molecule has 1 aliphatic rings. The molecular formula is C26H32N2O5. The van der Waals surface area contributed by atoms with Crippen LogP contribution in [0, 0.1) is 0 Å². The van der Waals surface area contributed by atoms with Crippen LogP contribution in [0.25, 0.3) is 5.76 Å². The molecule has 0 aromatic heterocycles. The molecule has 1 fully saturated rings. The molecule has 0 radical (unpaired) electrons. The fourth-order valence-corrected chi connectivity index (χ4v) is 4.20. The number of ketones is 1. The fourth-order valence-electron chi connectivity index (χ4n) is 4.20. The molecule has 7 nitrogen and oxygen atoms in total. The number of aliphatic hydroxyl groups excluding tert-OH is 1. The van der Waals surface area contributed by atoms with Crippen LogP contribution in [0.15, 0.2) is 48.0 Å². The standard InChI is InChI=1S/C26H32N2O5/c1-16(2)20-15-18(10-11-21(20)33-5)24(30)22-23(17-8-6-9-19(29)14-17)28(26(32)25(22)31)13-7-12-27(3)4/h6,8-11,14-16,23,29-30H,7,12-13H2,1-5H3/b24-22-. The molecule has 176 valence electrons. The SMILES string of the molecule is COc1ccc(/C(O)=C2/C(=O)C(=O)N(CCCN(C)C)C2c2cccc(O)c2)cc1C(C)C. The van der Waals surface area contributed by atoms with Gasteiger partial charge in [-0.25, -0.2) is 0 Å². The average Bonchev–Trinajstić information content (AvgIpc) is 3.03. The zero-order valence-corrected chi connectivity index (χ0v) is 19.8. The molecule has 7 heteroatoms. The summed E-state index contributed by atoms with van der Waals surface area (Å²) in [5.41, 5.74) is 1.92. The van der Waals surface area contributed by atoms with Crippen molar-refractivity contribution < 1.29 is 24.5 Å². The van der Waals surface area contributed by atoms with Crippen LogP contribution in [0.3, 0.4) is 0 Å². The van der Waals surface area contributed by atoms with E-state index in [9.17, 15) is 19.8 Å². The molecule has 2 aromatic rings. The Morgan fingerprint density at radius 2 is 1.88 bits per heavy atom. The second kappa shape index (κ2) is 10.1. The Kier molecular flexibility index (Phi) is 7.43. The second-order valence-electron chi connectivity index (χ2n) is 8.86. The summed E-state index contributed by atoms with van der Waals surface area (Å²) >= 11 is 0. The van der Waals surface area contributed by atoms with E-state index >= 15 is 0 Å². The van der Waals surface area contributed by atoms with Crippen molar-refractivity contribution >= 4 is 17.4 Å². The Labute approximate surface area is 194 Å². The summed E-state index contributed by atoms with van der Waals surface area (Å²) in [4.78, 5) is 29.6. The number of rotatable bonds is 8. The number of carbonyl (C=O) groups excluding carboxylic acids is 2. The van der Waals surface area contributed by atoms with Crippen LogP contribution in [-0.2, 0) is 9.59 Å². The number of phenolic OH excluding ortho intramolecular Hbond substituents is 1. The van der Waals surface area contributed by atoms with Crippen LogP contribution < -0.4 is 4.74 Å². The van der Waals surface area contributed by atoms with Gasteiger partial charge in [-0.3, -0.25) is 9.59 Å². The van der Waals surface area contributed by atoms with Crippen LogP contribution in [0.1, 0.15) is 48.9 Å². The first-order chi connectivity index (χ1) is 15.6. The fraction of sp³-hybridized carbons (Fsp3) is 0.385. The Morgan fingerprint density at radius 1 is 1.15 bits per heavy atom. The highest BCUT2D eigenvalue weighted by Crippen LogP contribution is 2.41. The maximum Gasteiger partial charge on any atom is 0.295 e. The lowest BCUT2D eigenvalue weighted by Crippen LogP contribution is -2.32. The number of phenols is 1. The molecule has 3 rings (SSSR count). The van der Waals surface area contributed by atoms with E-state index in [0.29, 0.717) is 29.8 Å². The molecule has 2 aromatic carbocycles. The maximum absolute atomic E-state index is 13.1. The van der Waals surface area contributed by atoms with E-state index in [2.05, 4.69) is 0 Å². The summed E-state index contributed by atoms with van der Waals surface area (Å²) in [6.07, 6.45) is 0.662. The first-order valence-corrected chi connectivity index (χ1v) is 11.1. The number of ether oxygens (including phenoxy) is 1. The molecular weight excluding hydrogens is 420 g/mol. The third-order valence-corrected chi connectivity index (χ3v) is 5.86. The molecule has 33 heavy (non-hydrogen) atoms. The minimum atomic E-state index is -0.788. The van der Waals surface area contributed by atoms with Crippen molar-refractivity contribution in [2.24, 2.45) is 0 Å².